The van der Waals surface area contributed by atoms with Gasteiger partial charge < -0.3 is 0 Å². The van der Waals surface area contributed by atoms with Crippen molar-refractivity contribution >= 4 is 21.7 Å². The fourth-order valence-corrected chi connectivity index (χ4v) is 1.21. The van der Waals surface area contributed by atoms with Gasteiger partial charge in [0.15, 0.2) is 0 Å². The average Bonchev–Trinajstić information content (AvgIpc) is 2.99. The number of hydrogen-bond donors (Lipinski definition) is 0. The molecular weight excluding hydrogens is 242 g/mol. The van der Waals surface area contributed by atoms with Crippen LogP contribution < -0.4 is 0 Å². The summed E-state index contributed by atoms with van der Waals surface area (Å²) in [6.45, 7) is 0. The van der Waals surface area contributed by atoms with E-state index >= 15 is 0 Å². The summed E-state index contributed by atoms with van der Waals surface area (Å²) in [6, 6.07) is 3.47. The standard InChI is InChI=1S/C11H8BrNO/c12-11-6-4-9(7-13-11)10(14)5-3-8-1-2-8/h4,6-8H,1-2H2. The van der Waals surface area contributed by atoms with Crippen molar-refractivity contribution in [3.63, 3.8) is 0 Å². The van der Waals surface area contributed by atoms with Crippen molar-refractivity contribution in [3.8, 4) is 11.8 Å². The minimum atomic E-state index is -0.142. The Hall–Kier alpha value is -1.14. The number of pyridine rings is 1. The fraction of sp³-hybridized carbons (Fsp3) is 0.273. The van der Waals surface area contributed by atoms with Gasteiger partial charge >= 0.3 is 0 Å². The van der Waals surface area contributed by atoms with E-state index in [1.54, 1.807) is 12.1 Å². The Balaban J connectivity index is 2.11. The van der Waals surface area contributed by atoms with Gasteiger partial charge in [0.2, 0.25) is 5.78 Å². The summed E-state index contributed by atoms with van der Waals surface area (Å²) >= 11 is 3.21. The van der Waals surface area contributed by atoms with Gasteiger partial charge in [-0.05, 0) is 46.8 Å². The number of Topliss-reactive ketones (excluding diaryl/α,β-unsaturated/α-hetero) is 1. The zero-order chi connectivity index (χ0) is 9.97. The quantitative estimate of drug-likeness (QED) is 0.331. The zero-order valence-corrected chi connectivity index (χ0v) is 9.04. The number of carbonyl (C=O) groups excluding carboxylic acids is 1. The number of carbonyl (C=O) groups is 1. The molecule has 2 nitrogen and oxygen atoms in total. The Kier molecular flexibility index (Phi) is 2.64. The van der Waals surface area contributed by atoms with Gasteiger partial charge in [0, 0.05) is 17.7 Å². The first kappa shape index (κ1) is 9.42. The van der Waals surface area contributed by atoms with Crippen molar-refractivity contribution < 1.29 is 4.79 Å². The molecule has 1 aliphatic carbocycles. The van der Waals surface area contributed by atoms with Gasteiger partial charge in [-0.2, -0.15) is 0 Å². The molecule has 1 heterocycles. The van der Waals surface area contributed by atoms with Crippen LogP contribution >= 0.6 is 15.9 Å². The summed E-state index contributed by atoms with van der Waals surface area (Å²) in [6.07, 6.45) is 3.81. The summed E-state index contributed by atoms with van der Waals surface area (Å²) in [5.74, 6) is 5.89. The van der Waals surface area contributed by atoms with Gasteiger partial charge in [0.25, 0.3) is 0 Å². The van der Waals surface area contributed by atoms with Crippen LogP contribution in [0, 0.1) is 17.8 Å². The summed E-state index contributed by atoms with van der Waals surface area (Å²) in [5, 5.41) is 0. The first-order valence-corrected chi connectivity index (χ1v) is 5.22. The van der Waals surface area contributed by atoms with E-state index < -0.39 is 0 Å². The molecule has 0 bridgehead atoms. The van der Waals surface area contributed by atoms with Crippen LogP contribution in [0.1, 0.15) is 23.2 Å². The third-order valence-electron chi connectivity index (χ3n) is 1.96. The van der Waals surface area contributed by atoms with Crippen LogP contribution in [0.2, 0.25) is 0 Å². The highest BCUT2D eigenvalue weighted by Crippen LogP contribution is 2.27. The SMILES string of the molecule is O=C(C#CC1CC1)c1ccc(Br)nc1. The summed E-state index contributed by atoms with van der Waals surface area (Å²) in [5.41, 5.74) is 0.557. The molecule has 0 N–H and O–H groups in total. The zero-order valence-electron chi connectivity index (χ0n) is 7.46. The van der Waals surface area contributed by atoms with Gasteiger partial charge in [0.05, 0.1) is 0 Å². The molecular formula is C11H8BrNO. The Morgan fingerprint density at radius 1 is 1.50 bits per heavy atom. The van der Waals surface area contributed by atoms with Crippen LogP contribution in [-0.2, 0) is 0 Å². The lowest BCUT2D eigenvalue weighted by Gasteiger charge is -1.92. The number of halogens is 1. The van der Waals surface area contributed by atoms with E-state index in [0.29, 0.717) is 11.5 Å². The molecule has 0 saturated heterocycles. The first-order valence-electron chi connectivity index (χ1n) is 4.43. The van der Waals surface area contributed by atoms with E-state index in [4.69, 9.17) is 0 Å². The maximum Gasteiger partial charge on any atom is 0.237 e. The Bertz CT molecular complexity index is 409. The van der Waals surface area contributed by atoms with E-state index in [1.165, 1.54) is 6.20 Å². The molecule has 0 unspecified atom stereocenters. The molecule has 70 valence electrons. The second kappa shape index (κ2) is 3.93. The molecule has 1 saturated carbocycles. The van der Waals surface area contributed by atoms with Gasteiger partial charge in [-0.1, -0.05) is 5.92 Å². The van der Waals surface area contributed by atoms with Gasteiger partial charge in [-0.25, -0.2) is 4.98 Å². The van der Waals surface area contributed by atoms with Crippen LogP contribution in [0.3, 0.4) is 0 Å². The highest BCUT2D eigenvalue weighted by molar-refractivity contribution is 9.10. The van der Waals surface area contributed by atoms with Crippen molar-refractivity contribution in [1.82, 2.24) is 4.98 Å². The summed E-state index contributed by atoms with van der Waals surface area (Å²) in [7, 11) is 0. The third kappa shape index (κ3) is 2.43. The van der Waals surface area contributed by atoms with Crippen molar-refractivity contribution in [1.29, 1.82) is 0 Å². The normalized spacial score (nSPS) is 14.4. The second-order valence-corrected chi connectivity index (χ2v) is 4.05. The van der Waals surface area contributed by atoms with E-state index in [2.05, 4.69) is 32.8 Å². The van der Waals surface area contributed by atoms with Gasteiger partial charge in [-0.15, -0.1) is 0 Å². The largest absolute Gasteiger partial charge is 0.279 e. The molecule has 0 amide bonds. The number of nitrogens with zero attached hydrogens (tertiary/aromatic N) is 1. The number of aromatic nitrogens is 1. The molecule has 0 aliphatic heterocycles. The molecule has 0 radical (unpaired) electrons. The van der Waals surface area contributed by atoms with Gasteiger partial charge in [-0.3, -0.25) is 4.79 Å². The first-order chi connectivity index (χ1) is 6.75. The molecule has 0 spiro atoms. The summed E-state index contributed by atoms with van der Waals surface area (Å²) in [4.78, 5) is 15.4. The lowest BCUT2D eigenvalue weighted by Crippen LogP contribution is -1.95. The van der Waals surface area contributed by atoms with Crippen LogP contribution in [0.4, 0.5) is 0 Å². The highest BCUT2D eigenvalue weighted by Gasteiger charge is 2.18. The van der Waals surface area contributed by atoms with Crippen molar-refractivity contribution in [2.75, 3.05) is 0 Å². The van der Waals surface area contributed by atoms with Crippen LogP contribution in [0.25, 0.3) is 0 Å². The van der Waals surface area contributed by atoms with Crippen molar-refractivity contribution in [2.45, 2.75) is 12.8 Å². The molecule has 0 aromatic carbocycles. The van der Waals surface area contributed by atoms with E-state index in [1.807, 2.05) is 0 Å². The minimum absolute atomic E-state index is 0.142. The smallest absolute Gasteiger partial charge is 0.237 e. The molecule has 1 aliphatic rings. The fourth-order valence-electron chi connectivity index (χ4n) is 0.978. The van der Waals surface area contributed by atoms with Crippen LogP contribution in [-0.4, -0.2) is 10.8 Å². The van der Waals surface area contributed by atoms with E-state index in [0.717, 1.165) is 17.4 Å². The Morgan fingerprint density at radius 3 is 2.86 bits per heavy atom. The average molecular weight is 250 g/mol. The molecule has 14 heavy (non-hydrogen) atoms. The molecule has 2 rings (SSSR count). The van der Waals surface area contributed by atoms with Crippen molar-refractivity contribution in [3.05, 3.63) is 28.5 Å². The Morgan fingerprint density at radius 2 is 2.29 bits per heavy atom. The Labute approximate surface area is 90.9 Å². The predicted molar refractivity (Wildman–Crippen MR) is 56.8 cm³/mol. The van der Waals surface area contributed by atoms with E-state index in [-0.39, 0.29) is 5.78 Å². The van der Waals surface area contributed by atoms with Crippen LogP contribution in [0.5, 0.6) is 0 Å². The predicted octanol–water partition coefficient (Wildman–Crippen LogP) is 2.44. The van der Waals surface area contributed by atoms with Gasteiger partial charge in [0.1, 0.15) is 4.60 Å². The van der Waals surface area contributed by atoms with Crippen molar-refractivity contribution in [2.24, 2.45) is 5.92 Å². The van der Waals surface area contributed by atoms with E-state index in [9.17, 15) is 4.79 Å². The molecule has 1 aromatic rings. The number of hydrogen-bond acceptors (Lipinski definition) is 2. The number of ketones is 1. The maximum absolute atomic E-state index is 11.5. The number of rotatable bonds is 1. The minimum Gasteiger partial charge on any atom is -0.279 e. The highest BCUT2D eigenvalue weighted by atomic mass is 79.9. The molecule has 3 heteroatoms. The topological polar surface area (TPSA) is 30.0 Å². The molecule has 0 atom stereocenters. The maximum atomic E-state index is 11.5. The third-order valence-corrected chi connectivity index (χ3v) is 2.43. The lowest BCUT2D eigenvalue weighted by atomic mass is 10.2. The monoisotopic (exact) mass is 249 g/mol. The van der Waals surface area contributed by atoms with Crippen LogP contribution in [0.15, 0.2) is 22.9 Å². The molecule has 1 fully saturated rings. The second-order valence-electron chi connectivity index (χ2n) is 3.24. The molecule has 1 aromatic heterocycles. The lowest BCUT2D eigenvalue weighted by molar-refractivity contribution is 0.105. The summed E-state index contributed by atoms with van der Waals surface area (Å²) < 4.78 is 0.726.